The monoisotopic (exact) mass is 1150 g/mol. The molecule has 0 fully saturated rings. The molecule has 2 heterocycles. The first-order chi connectivity index (χ1) is 38.4. The number of esters is 1. The van der Waals surface area contributed by atoms with Crippen molar-refractivity contribution in [3.8, 4) is 16.9 Å². The van der Waals surface area contributed by atoms with Crippen molar-refractivity contribution in [1.82, 2.24) is 20.3 Å². The molecule has 29 heteroatoms. The first kappa shape index (κ1) is 65.8. The second-order valence-electron chi connectivity index (χ2n) is 16.2. The number of ether oxygens (including phenoxy) is 12. The molecule has 2 aromatic carbocycles. The van der Waals surface area contributed by atoms with Crippen LogP contribution in [0.4, 0.5) is 28.0 Å². The minimum absolute atomic E-state index is 0.0278. The van der Waals surface area contributed by atoms with Crippen molar-refractivity contribution < 1.29 is 102 Å². The molecule has 24 nitrogen and oxygen atoms in total. The predicted molar refractivity (Wildman–Crippen MR) is 271 cm³/mol. The van der Waals surface area contributed by atoms with Gasteiger partial charge < -0.3 is 72.4 Å². The molecule has 1 aliphatic rings. The van der Waals surface area contributed by atoms with E-state index in [0.717, 1.165) is 16.7 Å². The number of rotatable bonds is 43. The van der Waals surface area contributed by atoms with E-state index in [0.29, 0.717) is 117 Å². The number of nitrogens with two attached hydrogens (primary N) is 1. The highest BCUT2D eigenvalue weighted by Crippen LogP contribution is 2.33. The maximum Gasteiger partial charge on any atom is 0.407 e. The molecular weight excluding hydrogens is 1080 g/mol. The Labute approximate surface area is 456 Å². The topological polar surface area (TPSA) is 291 Å². The maximum atomic E-state index is 13.9. The van der Waals surface area contributed by atoms with E-state index in [1.54, 1.807) is 18.5 Å². The van der Waals surface area contributed by atoms with Crippen molar-refractivity contribution in [2.45, 2.75) is 31.1 Å². The minimum atomic E-state index is -3.61. The van der Waals surface area contributed by atoms with Gasteiger partial charge in [-0.3, -0.25) is 18.6 Å². The lowest BCUT2D eigenvalue weighted by Gasteiger charge is -2.22. The highest BCUT2D eigenvalue weighted by atomic mass is 32.2. The van der Waals surface area contributed by atoms with Gasteiger partial charge in [0, 0.05) is 48.6 Å². The van der Waals surface area contributed by atoms with Crippen LogP contribution >= 0.6 is 0 Å². The van der Waals surface area contributed by atoms with Crippen LogP contribution in [-0.4, -0.2) is 206 Å². The molecule has 0 radical (unpaired) electrons. The summed E-state index contributed by atoms with van der Waals surface area (Å²) in [6.45, 7) is 8.15. The molecule has 1 aromatic heterocycles. The Hall–Kier alpha value is -5.67. The minimum Gasteiger partial charge on any atom is -0.768 e. The van der Waals surface area contributed by atoms with E-state index in [1.807, 2.05) is 25.1 Å². The van der Waals surface area contributed by atoms with E-state index in [-0.39, 0.29) is 77.6 Å². The van der Waals surface area contributed by atoms with Gasteiger partial charge in [-0.15, -0.1) is 0 Å². The summed E-state index contributed by atoms with van der Waals surface area (Å²) >= 11 is -3.61. The van der Waals surface area contributed by atoms with Crippen LogP contribution in [0.1, 0.15) is 31.7 Å². The molecule has 0 saturated heterocycles. The van der Waals surface area contributed by atoms with Crippen molar-refractivity contribution in [2.24, 2.45) is 10.7 Å². The van der Waals surface area contributed by atoms with Gasteiger partial charge in [0.25, 0.3) is 5.91 Å². The van der Waals surface area contributed by atoms with E-state index in [9.17, 15) is 40.7 Å². The number of amidine groups is 1. The van der Waals surface area contributed by atoms with Crippen molar-refractivity contribution in [3.63, 3.8) is 0 Å². The van der Waals surface area contributed by atoms with Crippen molar-refractivity contribution >= 4 is 46.6 Å². The summed E-state index contributed by atoms with van der Waals surface area (Å²) in [5, 5.41) is 3.86. The van der Waals surface area contributed by atoms with Gasteiger partial charge in [-0.2, -0.15) is 8.78 Å². The van der Waals surface area contributed by atoms with Gasteiger partial charge in [0.05, 0.1) is 151 Å². The second-order valence-corrected chi connectivity index (χ2v) is 17.0. The molecule has 1 aliphatic heterocycles. The van der Waals surface area contributed by atoms with E-state index in [4.69, 9.17) is 62.7 Å². The number of fused-ring (bicyclic) bond motifs is 1. The molecular formula is C50H67F4N6O18S-. The third-order valence-corrected chi connectivity index (χ3v) is 11.0. The number of hydrogen-bond acceptors (Lipinski definition) is 22. The fraction of sp³-hybridized carbons (Fsp3) is 0.560. The number of hydrogen-bond donors (Lipinski definition) is 2. The third kappa shape index (κ3) is 26.0. The Bertz CT molecular complexity index is 2360. The smallest absolute Gasteiger partial charge is 0.407 e. The maximum absolute atomic E-state index is 13.9. The Morgan fingerprint density at radius 2 is 1.13 bits per heavy atom. The lowest BCUT2D eigenvalue weighted by Crippen LogP contribution is -2.37. The van der Waals surface area contributed by atoms with Crippen LogP contribution in [0, 0.1) is 23.3 Å². The summed E-state index contributed by atoms with van der Waals surface area (Å²) in [5.74, 6) is -11.8. The normalized spacial score (nSPS) is 12.6. The summed E-state index contributed by atoms with van der Waals surface area (Å²) in [6, 6.07) is 5.64. The summed E-state index contributed by atoms with van der Waals surface area (Å²) in [6.07, 6.45) is 6.22. The van der Waals surface area contributed by atoms with Crippen LogP contribution in [0.25, 0.3) is 17.2 Å². The third-order valence-electron chi connectivity index (χ3n) is 10.3. The molecule has 4 rings (SSSR count). The van der Waals surface area contributed by atoms with Crippen molar-refractivity contribution in [2.75, 3.05) is 158 Å². The van der Waals surface area contributed by atoms with Crippen LogP contribution in [0.15, 0.2) is 52.4 Å². The number of amides is 2. The molecule has 3 aromatic rings. The van der Waals surface area contributed by atoms with Gasteiger partial charge in [0.15, 0.2) is 11.6 Å². The quantitative estimate of drug-likeness (QED) is 0.0155. The van der Waals surface area contributed by atoms with E-state index in [1.165, 1.54) is 11.4 Å². The zero-order chi connectivity index (χ0) is 56.9. The zero-order valence-electron chi connectivity index (χ0n) is 43.8. The fourth-order valence-electron chi connectivity index (χ4n) is 6.53. The number of halogens is 4. The lowest BCUT2D eigenvalue weighted by atomic mass is 10.0. The molecule has 2 amide bonds. The predicted octanol–water partition coefficient (Wildman–Crippen LogP) is 3.77. The van der Waals surface area contributed by atoms with Gasteiger partial charge in [-0.05, 0) is 35.2 Å². The number of carbonyl (C=O) groups excluding carboxylic acids is 3. The molecule has 79 heavy (non-hydrogen) atoms. The standard InChI is InChI=1S/C50H68F4N6O18S/c1-2-7-60(49(62)38-30-37-4-3-36(39-33-56-35-57-34-39)31-40(37)59-41(55)32-38)77-9-6-58-50(63)76-29-28-75-27-26-74-25-24-73-23-22-72-21-20-71-19-18-70-17-16-69-15-14-68-13-12-67-11-10-66-8-5-42(61)78-47-43(51)45(53)48(79(64)65)46(54)44(47)52/h3-4,30-31,33-35H,2,5-29,32H2,1H3,(H2,55,59)(H,58,63)(H,64,65)/p-1. The summed E-state index contributed by atoms with van der Waals surface area (Å²) in [4.78, 5) is 54.1. The lowest BCUT2D eigenvalue weighted by molar-refractivity contribution is -0.181. The van der Waals surface area contributed by atoms with Crippen molar-refractivity contribution in [3.05, 3.63) is 71.3 Å². The number of aromatic nitrogens is 2. The largest absolute Gasteiger partial charge is 0.768 e. The molecule has 1 unspecified atom stereocenters. The van der Waals surface area contributed by atoms with E-state index < -0.39 is 63.5 Å². The molecule has 0 saturated carbocycles. The summed E-state index contributed by atoms with van der Waals surface area (Å²) in [7, 11) is 0. The Kier molecular flexibility index (Phi) is 33.1. The molecule has 0 aliphatic carbocycles. The molecule has 0 spiro atoms. The van der Waals surface area contributed by atoms with Crippen LogP contribution in [-0.2, 0) is 77.6 Å². The number of carbonyl (C=O) groups is 3. The summed E-state index contributed by atoms with van der Waals surface area (Å²) in [5.41, 5.74) is 9.69. The number of hydroxylamine groups is 2. The second kappa shape index (κ2) is 39.7. The Morgan fingerprint density at radius 3 is 1.59 bits per heavy atom. The Balaban J connectivity index is 0.836. The fourth-order valence-corrected chi connectivity index (χ4v) is 7.00. The number of benzene rings is 2. The van der Waals surface area contributed by atoms with Crippen LogP contribution < -0.4 is 15.8 Å². The molecule has 1 atom stereocenters. The zero-order valence-corrected chi connectivity index (χ0v) is 44.6. The van der Waals surface area contributed by atoms with Crippen LogP contribution in [0.5, 0.6) is 5.75 Å². The average molecular weight is 1150 g/mol. The SMILES string of the molecule is CCCN(OCCNC(=O)OCCOCCOCCOCCOCCOCCOCCOCCOCCOCCOCCC(=O)Oc1c(F)c(F)c(S(=O)[O-])c(F)c1F)C(=O)C1=Cc2ccc(-c3cncnc3)cc2N=C(N)C1. The van der Waals surface area contributed by atoms with Gasteiger partial charge >= 0.3 is 12.1 Å². The molecule has 0 bridgehead atoms. The number of nitrogens with zero attached hydrogens (tertiary/aromatic N) is 4. The first-order valence-electron chi connectivity index (χ1n) is 25.1. The first-order valence-corrected chi connectivity index (χ1v) is 26.2. The van der Waals surface area contributed by atoms with E-state index in [2.05, 4.69) is 25.0 Å². The van der Waals surface area contributed by atoms with Gasteiger partial charge in [0.2, 0.25) is 17.4 Å². The highest BCUT2D eigenvalue weighted by Gasteiger charge is 2.29. The highest BCUT2D eigenvalue weighted by molar-refractivity contribution is 7.79. The molecule has 440 valence electrons. The number of nitrogens with one attached hydrogen (secondary N) is 1. The summed E-state index contributed by atoms with van der Waals surface area (Å²) < 4.78 is 141. The number of aliphatic imine (C=N–C) groups is 1. The van der Waals surface area contributed by atoms with Crippen LogP contribution in [0.3, 0.4) is 0 Å². The van der Waals surface area contributed by atoms with Crippen LogP contribution in [0.2, 0.25) is 0 Å². The molecule has 3 N–H and O–H groups in total. The van der Waals surface area contributed by atoms with Gasteiger partial charge in [0.1, 0.15) is 23.7 Å². The Morgan fingerprint density at radius 1 is 0.658 bits per heavy atom. The van der Waals surface area contributed by atoms with Crippen molar-refractivity contribution in [1.29, 1.82) is 0 Å². The van der Waals surface area contributed by atoms with Gasteiger partial charge in [-0.25, -0.2) is 33.6 Å². The van der Waals surface area contributed by atoms with E-state index >= 15 is 0 Å². The average Bonchev–Trinajstić information content (AvgIpc) is 3.61. The number of alkyl carbamates (subject to hydrolysis) is 1. The van der Waals surface area contributed by atoms with Gasteiger partial charge in [-0.1, -0.05) is 19.1 Å².